The summed E-state index contributed by atoms with van der Waals surface area (Å²) in [5.41, 5.74) is 7.30. The first kappa shape index (κ1) is 12.4. The van der Waals surface area contributed by atoms with Gasteiger partial charge in [-0.2, -0.15) is 0 Å². The van der Waals surface area contributed by atoms with Crippen LogP contribution >= 0.6 is 0 Å². The summed E-state index contributed by atoms with van der Waals surface area (Å²) >= 11 is 0. The third kappa shape index (κ3) is 2.62. The van der Waals surface area contributed by atoms with E-state index in [-0.39, 0.29) is 10.6 Å². The Hall–Kier alpha value is -2.02. The lowest BCUT2D eigenvalue weighted by atomic mass is 10.2. The Bertz CT molecular complexity index is 636. The summed E-state index contributed by atoms with van der Waals surface area (Å²) in [6.45, 7) is 0.411. The van der Waals surface area contributed by atoms with Gasteiger partial charge >= 0.3 is 0 Å². The Balaban J connectivity index is 2.24. The minimum Gasteiger partial charge on any atom is -0.396 e. The van der Waals surface area contributed by atoms with Crippen LogP contribution in [0.25, 0.3) is 0 Å². The first-order chi connectivity index (χ1) is 8.48. The number of rotatable bonds is 4. The molecule has 96 valence electrons. The largest absolute Gasteiger partial charge is 0.396 e. The average molecular weight is 267 g/mol. The Morgan fingerprint density at radius 3 is 2.78 bits per heavy atom. The highest BCUT2D eigenvalue weighted by Gasteiger charge is 2.13. The fraction of sp³-hybridized carbons (Fsp3) is 0.182. The molecule has 0 spiro atoms. The first-order valence-electron chi connectivity index (χ1n) is 5.20. The predicted octanol–water partition coefficient (Wildman–Crippen LogP) is 1.27. The molecule has 2 aromatic rings. The first-order valence-corrected chi connectivity index (χ1v) is 7.09. The zero-order valence-electron chi connectivity index (χ0n) is 9.75. The molecule has 0 bridgehead atoms. The molecule has 0 saturated heterocycles. The molecule has 1 aromatic heterocycles. The quantitative estimate of drug-likeness (QED) is 0.809. The Morgan fingerprint density at radius 2 is 2.17 bits per heavy atom. The van der Waals surface area contributed by atoms with Gasteiger partial charge in [0.25, 0.3) is 0 Å². The standard InChI is InChI=1S/C11H13N3O3S/c1-18(15,16)10-4-2-3-9(11(10)12)13-7-8-5-6-17-14-8/h2-6,13H,7,12H2,1H3. The number of nitrogens with zero attached hydrogens (tertiary/aromatic N) is 1. The smallest absolute Gasteiger partial charge is 0.177 e. The number of para-hydroxylation sites is 1. The minimum atomic E-state index is -3.33. The van der Waals surface area contributed by atoms with Crippen LogP contribution in [-0.2, 0) is 16.4 Å². The molecule has 2 rings (SSSR count). The fourth-order valence-corrected chi connectivity index (χ4v) is 2.37. The van der Waals surface area contributed by atoms with E-state index in [0.717, 1.165) is 6.26 Å². The van der Waals surface area contributed by atoms with Crippen molar-refractivity contribution >= 4 is 21.2 Å². The lowest BCUT2D eigenvalue weighted by Crippen LogP contribution is -2.07. The summed E-state index contributed by atoms with van der Waals surface area (Å²) < 4.78 is 27.7. The lowest BCUT2D eigenvalue weighted by Gasteiger charge is -2.10. The van der Waals surface area contributed by atoms with Crippen LogP contribution in [0.5, 0.6) is 0 Å². The zero-order valence-corrected chi connectivity index (χ0v) is 10.6. The van der Waals surface area contributed by atoms with Crippen molar-refractivity contribution in [2.75, 3.05) is 17.3 Å². The molecule has 0 aliphatic carbocycles. The van der Waals surface area contributed by atoms with Crippen molar-refractivity contribution in [1.29, 1.82) is 0 Å². The highest BCUT2D eigenvalue weighted by Crippen LogP contribution is 2.26. The van der Waals surface area contributed by atoms with Crippen LogP contribution in [0, 0.1) is 0 Å². The fourth-order valence-electron chi connectivity index (χ4n) is 1.54. The highest BCUT2D eigenvalue weighted by molar-refractivity contribution is 7.90. The predicted molar refractivity (Wildman–Crippen MR) is 67.8 cm³/mol. The molecule has 0 aliphatic rings. The van der Waals surface area contributed by atoms with E-state index in [2.05, 4.69) is 10.5 Å². The van der Waals surface area contributed by atoms with Crippen molar-refractivity contribution in [3.05, 3.63) is 36.2 Å². The van der Waals surface area contributed by atoms with Crippen LogP contribution < -0.4 is 11.1 Å². The minimum absolute atomic E-state index is 0.118. The third-order valence-electron chi connectivity index (χ3n) is 2.42. The van der Waals surface area contributed by atoms with Gasteiger partial charge < -0.3 is 15.6 Å². The van der Waals surface area contributed by atoms with E-state index in [4.69, 9.17) is 10.3 Å². The van der Waals surface area contributed by atoms with Crippen LogP contribution in [0.3, 0.4) is 0 Å². The van der Waals surface area contributed by atoms with E-state index >= 15 is 0 Å². The molecular formula is C11H13N3O3S. The van der Waals surface area contributed by atoms with Crippen molar-refractivity contribution in [1.82, 2.24) is 5.16 Å². The number of benzene rings is 1. The number of sulfone groups is 1. The topological polar surface area (TPSA) is 98.2 Å². The molecule has 0 aliphatic heterocycles. The van der Waals surface area contributed by atoms with Gasteiger partial charge in [-0.25, -0.2) is 8.42 Å². The van der Waals surface area contributed by atoms with Gasteiger partial charge in [0.05, 0.1) is 22.8 Å². The van der Waals surface area contributed by atoms with E-state index in [1.54, 1.807) is 18.2 Å². The highest BCUT2D eigenvalue weighted by atomic mass is 32.2. The number of nitrogens with two attached hydrogens (primary N) is 1. The normalized spacial score (nSPS) is 11.4. The summed E-state index contributed by atoms with van der Waals surface area (Å²) in [6.07, 6.45) is 2.59. The Kier molecular flexibility index (Phi) is 3.24. The SMILES string of the molecule is CS(=O)(=O)c1cccc(NCc2ccon2)c1N. The van der Waals surface area contributed by atoms with Crippen LogP contribution in [0.4, 0.5) is 11.4 Å². The average Bonchev–Trinajstić information content (AvgIpc) is 2.79. The van der Waals surface area contributed by atoms with Gasteiger partial charge in [0.2, 0.25) is 0 Å². The molecule has 0 fully saturated rings. The summed E-state index contributed by atoms with van der Waals surface area (Å²) in [5, 5.41) is 6.75. The van der Waals surface area contributed by atoms with Gasteiger partial charge in [0.1, 0.15) is 12.0 Å². The van der Waals surface area contributed by atoms with E-state index in [1.165, 1.54) is 12.3 Å². The number of nitrogen functional groups attached to an aromatic ring is 1. The zero-order chi connectivity index (χ0) is 13.2. The number of anilines is 2. The number of aromatic nitrogens is 1. The molecule has 7 heteroatoms. The van der Waals surface area contributed by atoms with Crippen LogP contribution in [0.2, 0.25) is 0 Å². The van der Waals surface area contributed by atoms with Crippen LogP contribution in [-0.4, -0.2) is 19.8 Å². The Morgan fingerprint density at radius 1 is 1.39 bits per heavy atom. The van der Waals surface area contributed by atoms with Crippen LogP contribution in [0.1, 0.15) is 5.69 Å². The van der Waals surface area contributed by atoms with E-state index in [1.807, 2.05) is 0 Å². The van der Waals surface area contributed by atoms with Gasteiger partial charge in [-0.15, -0.1) is 0 Å². The van der Waals surface area contributed by atoms with Gasteiger partial charge in [-0.3, -0.25) is 0 Å². The molecule has 0 amide bonds. The second kappa shape index (κ2) is 4.69. The summed E-state index contributed by atoms with van der Waals surface area (Å²) in [4.78, 5) is 0.118. The van der Waals surface area contributed by atoms with E-state index in [9.17, 15) is 8.42 Å². The second-order valence-corrected chi connectivity index (χ2v) is 5.82. The number of hydrogen-bond donors (Lipinski definition) is 2. The monoisotopic (exact) mass is 267 g/mol. The third-order valence-corrected chi connectivity index (χ3v) is 3.57. The van der Waals surface area contributed by atoms with Gasteiger partial charge in [0.15, 0.2) is 9.84 Å². The maximum Gasteiger partial charge on any atom is 0.177 e. The molecule has 0 radical (unpaired) electrons. The van der Waals surface area contributed by atoms with Gasteiger partial charge in [-0.1, -0.05) is 11.2 Å². The number of hydrogen-bond acceptors (Lipinski definition) is 6. The summed E-state index contributed by atoms with van der Waals surface area (Å²) in [5.74, 6) is 0. The van der Waals surface area contributed by atoms with E-state index < -0.39 is 9.84 Å². The van der Waals surface area contributed by atoms with Gasteiger partial charge in [-0.05, 0) is 12.1 Å². The van der Waals surface area contributed by atoms with Crippen LogP contribution in [0.15, 0.2) is 39.9 Å². The number of nitrogens with one attached hydrogen (secondary N) is 1. The van der Waals surface area contributed by atoms with E-state index in [0.29, 0.717) is 17.9 Å². The van der Waals surface area contributed by atoms with Crippen molar-refractivity contribution in [3.63, 3.8) is 0 Å². The maximum atomic E-state index is 11.5. The molecule has 3 N–H and O–H groups in total. The summed E-state index contributed by atoms with van der Waals surface area (Å²) in [7, 11) is -3.33. The maximum absolute atomic E-state index is 11.5. The van der Waals surface area contributed by atoms with Crippen molar-refractivity contribution in [3.8, 4) is 0 Å². The lowest BCUT2D eigenvalue weighted by molar-refractivity contribution is 0.412. The molecule has 1 heterocycles. The Labute approximate surface area is 105 Å². The van der Waals surface area contributed by atoms with Gasteiger partial charge in [0, 0.05) is 12.3 Å². The van der Waals surface area contributed by atoms with Crippen molar-refractivity contribution in [2.45, 2.75) is 11.4 Å². The van der Waals surface area contributed by atoms with Crippen molar-refractivity contribution in [2.24, 2.45) is 0 Å². The molecule has 0 atom stereocenters. The molecular weight excluding hydrogens is 254 g/mol. The summed E-state index contributed by atoms with van der Waals surface area (Å²) in [6, 6.07) is 6.54. The second-order valence-electron chi connectivity index (χ2n) is 3.83. The molecule has 0 saturated carbocycles. The van der Waals surface area contributed by atoms with Crippen molar-refractivity contribution < 1.29 is 12.9 Å². The molecule has 0 unspecified atom stereocenters. The molecule has 6 nitrogen and oxygen atoms in total. The molecule has 1 aromatic carbocycles. The molecule has 18 heavy (non-hydrogen) atoms.